The minimum atomic E-state index is -0.783. The Morgan fingerprint density at radius 1 is 0.263 bits per heavy atom. The molecule has 80 heavy (non-hydrogen) atoms. The second kappa shape index (κ2) is 68.3. The zero-order chi connectivity index (χ0) is 57.8. The molecule has 0 heterocycles. The van der Waals surface area contributed by atoms with Gasteiger partial charge in [-0.1, -0.05) is 325 Å². The van der Waals surface area contributed by atoms with Crippen LogP contribution >= 0.6 is 0 Å². The van der Waals surface area contributed by atoms with Crippen LogP contribution in [0.2, 0.25) is 0 Å². The molecule has 1 unspecified atom stereocenters. The van der Waals surface area contributed by atoms with Crippen LogP contribution in [0.4, 0.5) is 0 Å². The molecule has 0 rings (SSSR count). The summed E-state index contributed by atoms with van der Waals surface area (Å²) in [6.45, 7) is 6.56. The summed E-state index contributed by atoms with van der Waals surface area (Å²) < 4.78 is 17.0. The molecule has 1 atom stereocenters. The Morgan fingerprint density at radius 3 is 0.762 bits per heavy atom. The molecule has 0 aromatic carbocycles. The number of unbranched alkanes of at least 4 members (excludes halogenated alkanes) is 41. The Bertz CT molecular complexity index is 1470. The predicted molar refractivity (Wildman–Crippen MR) is 348 cm³/mol. The number of allylic oxidation sites excluding steroid dienone is 12. The van der Waals surface area contributed by atoms with Crippen molar-refractivity contribution in [3.05, 3.63) is 72.9 Å². The molecule has 0 saturated heterocycles. The molecule has 0 radical (unpaired) electrons. The van der Waals surface area contributed by atoms with E-state index in [2.05, 4.69) is 93.7 Å². The molecule has 0 amide bonds. The highest BCUT2D eigenvalue weighted by Crippen LogP contribution is 2.18. The van der Waals surface area contributed by atoms with E-state index in [1.54, 1.807) is 0 Å². The predicted octanol–water partition coefficient (Wildman–Crippen LogP) is 24.1. The number of carbonyl (C=O) groups is 3. The van der Waals surface area contributed by atoms with Gasteiger partial charge in [-0.15, -0.1) is 0 Å². The second-order valence-electron chi connectivity index (χ2n) is 23.4. The molecular formula is C74H132O6. The van der Waals surface area contributed by atoms with Gasteiger partial charge in [-0.2, -0.15) is 0 Å². The maximum absolute atomic E-state index is 12.9. The Balaban J connectivity index is 4.30. The zero-order valence-electron chi connectivity index (χ0n) is 53.3. The summed E-state index contributed by atoms with van der Waals surface area (Å²) >= 11 is 0. The van der Waals surface area contributed by atoms with Crippen LogP contribution in [0.5, 0.6) is 0 Å². The van der Waals surface area contributed by atoms with Crippen LogP contribution in [0.15, 0.2) is 72.9 Å². The number of rotatable bonds is 64. The SMILES string of the molecule is CC/C=C\C/C=C\C/C=C\C/C=C\CCCCCCCCC(=O)OC(COC(=O)CCCCCCCCCCCCCCCCCC)COC(=O)CCCCCCCCCCCCCCCCC/C=C\C/C=C\CCCCCCC. The summed E-state index contributed by atoms with van der Waals surface area (Å²) in [7, 11) is 0. The quantitative estimate of drug-likeness (QED) is 0.0261. The van der Waals surface area contributed by atoms with Crippen molar-refractivity contribution in [3.63, 3.8) is 0 Å². The van der Waals surface area contributed by atoms with Crippen LogP contribution in [0, 0.1) is 0 Å². The third-order valence-corrected chi connectivity index (χ3v) is 15.4. The van der Waals surface area contributed by atoms with Crippen molar-refractivity contribution in [2.24, 2.45) is 0 Å². The number of ether oxygens (including phenoxy) is 3. The third kappa shape index (κ3) is 65.7. The topological polar surface area (TPSA) is 78.9 Å². The Labute approximate surface area is 497 Å². The van der Waals surface area contributed by atoms with Crippen molar-refractivity contribution in [2.75, 3.05) is 13.2 Å². The van der Waals surface area contributed by atoms with Crippen molar-refractivity contribution in [2.45, 2.75) is 367 Å². The smallest absolute Gasteiger partial charge is 0.306 e. The minimum Gasteiger partial charge on any atom is -0.462 e. The molecule has 0 fully saturated rings. The normalized spacial score (nSPS) is 12.5. The maximum Gasteiger partial charge on any atom is 0.306 e. The summed E-state index contributed by atoms with van der Waals surface area (Å²) in [5.74, 6) is -0.869. The molecule has 6 nitrogen and oxygen atoms in total. The zero-order valence-corrected chi connectivity index (χ0v) is 53.3. The van der Waals surface area contributed by atoms with Gasteiger partial charge < -0.3 is 14.2 Å². The van der Waals surface area contributed by atoms with E-state index in [1.807, 2.05) is 0 Å². The van der Waals surface area contributed by atoms with Gasteiger partial charge in [-0.25, -0.2) is 0 Å². The first-order valence-corrected chi connectivity index (χ1v) is 34.9. The van der Waals surface area contributed by atoms with Crippen LogP contribution in [0.1, 0.15) is 361 Å². The van der Waals surface area contributed by atoms with Crippen LogP contribution in [-0.4, -0.2) is 37.2 Å². The average molecular weight is 1120 g/mol. The molecule has 0 N–H and O–H groups in total. The highest BCUT2D eigenvalue weighted by molar-refractivity contribution is 5.71. The first-order chi connectivity index (χ1) is 39.5. The summed E-state index contributed by atoms with van der Waals surface area (Å²) in [4.78, 5) is 38.4. The lowest BCUT2D eigenvalue weighted by atomic mass is 10.0. The fourth-order valence-corrected chi connectivity index (χ4v) is 10.2. The Hall–Kier alpha value is -3.15. The molecule has 0 saturated carbocycles. The third-order valence-electron chi connectivity index (χ3n) is 15.4. The van der Waals surface area contributed by atoms with Crippen molar-refractivity contribution < 1.29 is 28.6 Å². The second-order valence-corrected chi connectivity index (χ2v) is 23.4. The van der Waals surface area contributed by atoms with Gasteiger partial charge in [0.05, 0.1) is 0 Å². The van der Waals surface area contributed by atoms with E-state index >= 15 is 0 Å². The number of hydrogen-bond donors (Lipinski definition) is 0. The molecule has 0 aliphatic rings. The fraction of sp³-hybridized carbons (Fsp3) is 0.797. The highest BCUT2D eigenvalue weighted by Gasteiger charge is 2.19. The maximum atomic E-state index is 12.9. The van der Waals surface area contributed by atoms with Gasteiger partial charge in [0.1, 0.15) is 13.2 Å². The summed E-state index contributed by atoms with van der Waals surface area (Å²) in [6, 6.07) is 0. The van der Waals surface area contributed by atoms with E-state index in [1.165, 1.54) is 218 Å². The van der Waals surface area contributed by atoms with Gasteiger partial charge in [0.25, 0.3) is 0 Å². The monoisotopic (exact) mass is 1120 g/mol. The first kappa shape index (κ1) is 76.9. The molecular weight excluding hydrogens is 985 g/mol. The largest absolute Gasteiger partial charge is 0.462 e. The van der Waals surface area contributed by atoms with Crippen LogP contribution < -0.4 is 0 Å². The molecule has 464 valence electrons. The van der Waals surface area contributed by atoms with Gasteiger partial charge in [-0.3, -0.25) is 14.4 Å². The van der Waals surface area contributed by atoms with Gasteiger partial charge >= 0.3 is 17.9 Å². The molecule has 6 heteroatoms. The van der Waals surface area contributed by atoms with E-state index in [-0.39, 0.29) is 31.1 Å². The molecule has 0 aromatic rings. The van der Waals surface area contributed by atoms with Crippen LogP contribution in [-0.2, 0) is 28.6 Å². The average Bonchev–Trinajstić information content (AvgIpc) is 3.46. The van der Waals surface area contributed by atoms with Gasteiger partial charge in [0.2, 0.25) is 0 Å². The lowest BCUT2D eigenvalue weighted by Gasteiger charge is -2.18. The standard InChI is InChI=1S/C74H132O6/c1-4-7-10-13-16-19-22-25-28-31-33-34-35-36-37-38-39-40-42-43-46-49-52-55-58-61-64-67-73(76)79-70-71(69-78-72(75)66-63-60-57-54-51-48-45-30-27-24-21-18-15-12-9-6-3)80-74(77)68-65-62-59-56-53-50-47-44-41-32-29-26-23-20-17-14-11-8-5-2/h8,11,17,20,22,25-26,29,31,33,41,44,71H,4-7,9-10,12-16,18-19,21,23-24,27-28,30,32,34-40,42-43,45-70H2,1-3H3/b11-8-,20-17-,25-22-,29-26-,33-31-,44-41-. The summed E-state index contributed by atoms with van der Waals surface area (Å²) in [5.41, 5.74) is 0. The van der Waals surface area contributed by atoms with E-state index in [0.29, 0.717) is 19.3 Å². The molecule has 0 aromatic heterocycles. The van der Waals surface area contributed by atoms with Crippen molar-refractivity contribution >= 4 is 17.9 Å². The number of carbonyl (C=O) groups excluding carboxylic acids is 3. The lowest BCUT2D eigenvalue weighted by Crippen LogP contribution is -2.30. The van der Waals surface area contributed by atoms with E-state index in [9.17, 15) is 14.4 Å². The van der Waals surface area contributed by atoms with Crippen molar-refractivity contribution in [1.29, 1.82) is 0 Å². The molecule has 0 aliphatic heterocycles. The van der Waals surface area contributed by atoms with Crippen molar-refractivity contribution in [1.82, 2.24) is 0 Å². The van der Waals surface area contributed by atoms with E-state index in [0.717, 1.165) is 103 Å². The number of hydrogen-bond acceptors (Lipinski definition) is 6. The Kier molecular flexibility index (Phi) is 65.7. The minimum absolute atomic E-state index is 0.0771. The summed E-state index contributed by atoms with van der Waals surface area (Å²) in [5, 5.41) is 0. The van der Waals surface area contributed by atoms with Gasteiger partial charge in [-0.05, 0) is 89.9 Å². The first-order valence-electron chi connectivity index (χ1n) is 34.9. The molecule has 0 spiro atoms. The highest BCUT2D eigenvalue weighted by atomic mass is 16.6. The molecule has 0 bridgehead atoms. The number of esters is 3. The van der Waals surface area contributed by atoms with Crippen LogP contribution in [0.25, 0.3) is 0 Å². The summed E-state index contributed by atoms with van der Waals surface area (Å²) in [6.07, 6.45) is 89.2. The van der Waals surface area contributed by atoms with Crippen molar-refractivity contribution in [3.8, 4) is 0 Å². The van der Waals surface area contributed by atoms with Gasteiger partial charge in [0, 0.05) is 19.3 Å². The lowest BCUT2D eigenvalue weighted by molar-refractivity contribution is -0.167. The van der Waals surface area contributed by atoms with Crippen LogP contribution in [0.3, 0.4) is 0 Å². The van der Waals surface area contributed by atoms with E-state index < -0.39 is 6.10 Å². The van der Waals surface area contributed by atoms with E-state index in [4.69, 9.17) is 14.2 Å². The fourth-order valence-electron chi connectivity index (χ4n) is 10.2. The molecule has 0 aliphatic carbocycles. The Morgan fingerprint density at radius 2 is 0.487 bits per heavy atom. The van der Waals surface area contributed by atoms with Gasteiger partial charge in [0.15, 0.2) is 6.10 Å².